The van der Waals surface area contributed by atoms with Crippen LogP contribution in [0.1, 0.15) is 30.8 Å². The van der Waals surface area contributed by atoms with Gasteiger partial charge in [-0.25, -0.2) is 0 Å². The van der Waals surface area contributed by atoms with E-state index >= 15 is 0 Å². The van der Waals surface area contributed by atoms with Gasteiger partial charge in [0.05, 0.1) is 6.54 Å². The lowest BCUT2D eigenvalue weighted by Crippen LogP contribution is -2.31. The zero-order valence-electron chi connectivity index (χ0n) is 9.83. The molecule has 3 rings (SSSR count). The van der Waals surface area contributed by atoms with Crippen molar-refractivity contribution in [2.75, 3.05) is 6.54 Å². The van der Waals surface area contributed by atoms with E-state index in [4.69, 9.17) is 4.42 Å². The predicted molar refractivity (Wildman–Crippen MR) is 63.2 cm³/mol. The van der Waals surface area contributed by atoms with Crippen LogP contribution >= 0.6 is 0 Å². The number of furan rings is 1. The third-order valence-corrected chi connectivity index (χ3v) is 3.93. The molecule has 88 valence electrons. The molecule has 2 aliphatic heterocycles. The molecule has 3 heterocycles. The first-order valence-corrected chi connectivity index (χ1v) is 6.33. The van der Waals surface area contributed by atoms with Gasteiger partial charge in [0, 0.05) is 12.1 Å². The molecule has 2 N–H and O–H groups in total. The molecule has 0 amide bonds. The molecule has 0 aromatic carbocycles. The Morgan fingerprint density at radius 2 is 2.38 bits per heavy atom. The monoisotopic (exact) mass is 220 g/mol. The first-order valence-electron chi connectivity index (χ1n) is 6.33. The van der Waals surface area contributed by atoms with Gasteiger partial charge in [0.15, 0.2) is 0 Å². The Bertz CT molecular complexity index is 361. The standard InChI is InChI=1S/C13H20N2O/c1-9-2-4-12(16-9)8-14-7-10-6-11-3-5-13(10)15-11/h2,4,10-11,13-15H,3,5-8H2,1H3. The molecule has 16 heavy (non-hydrogen) atoms. The van der Waals surface area contributed by atoms with Crippen LogP contribution in [-0.2, 0) is 6.54 Å². The van der Waals surface area contributed by atoms with Crippen molar-refractivity contribution in [2.24, 2.45) is 5.92 Å². The number of hydrogen-bond acceptors (Lipinski definition) is 3. The van der Waals surface area contributed by atoms with Crippen LogP contribution < -0.4 is 10.6 Å². The molecule has 1 aromatic rings. The second kappa shape index (κ2) is 4.22. The summed E-state index contributed by atoms with van der Waals surface area (Å²) in [6, 6.07) is 5.66. The minimum atomic E-state index is 0.774. The van der Waals surface area contributed by atoms with E-state index in [0.717, 1.165) is 42.6 Å². The van der Waals surface area contributed by atoms with Crippen LogP contribution in [0.4, 0.5) is 0 Å². The summed E-state index contributed by atoms with van der Waals surface area (Å²) in [7, 11) is 0. The normalized spacial score (nSPS) is 32.4. The lowest BCUT2D eigenvalue weighted by atomic mass is 9.89. The third kappa shape index (κ3) is 2.02. The lowest BCUT2D eigenvalue weighted by molar-refractivity contribution is 0.371. The largest absolute Gasteiger partial charge is 0.465 e. The Labute approximate surface area is 96.6 Å². The minimum absolute atomic E-state index is 0.774. The van der Waals surface area contributed by atoms with Gasteiger partial charge in [-0.1, -0.05) is 0 Å². The molecule has 3 unspecified atom stereocenters. The van der Waals surface area contributed by atoms with E-state index in [1.165, 1.54) is 19.3 Å². The number of nitrogens with one attached hydrogen (secondary N) is 2. The van der Waals surface area contributed by atoms with Crippen LogP contribution in [0.2, 0.25) is 0 Å². The van der Waals surface area contributed by atoms with Gasteiger partial charge in [-0.05, 0) is 50.8 Å². The number of rotatable bonds is 4. The second-order valence-electron chi connectivity index (χ2n) is 5.19. The van der Waals surface area contributed by atoms with Crippen molar-refractivity contribution in [2.45, 2.75) is 44.8 Å². The molecule has 2 bridgehead atoms. The van der Waals surface area contributed by atoms with Crippen molar-refractivity contribution >= 4 is 0 Å². The van der Waals surface area contributed by atoms with Gasteiger partial charge in [-0.2, -0.15) is 0 Å². The summed E-state index contributed by atoms with van der Waals surface area (Å²) < 4.78 is 5.53. The highest BCUT2D eigenvalue weighted by atomic mass is 16.3. The van der Waals surface area contributed by atoms with E-state index < -0.39 is 0 Å². The molecule has 3 nitrogen and oxygen atoms in total. The highest BCUT2D eigenvalue weighted by molar-refractivity contribution is 5.05. The van der Waals surface area contributed by atoms with Gasteiger partial charge >= 0.3 is 0 Å². The number of hydrogen-bond donors (Lipinski definition) is 2. The SMILES string of the molecule is Cc1ccc(CNCC2CC3CCC2N3)o1. The Morgan fingerprint density at radius 1 is 1.44 bits per heavy atom. The third-order valence-electron chi connectivity index (χ3n) is 3.93. The molecule has 0 radical (unpaired) electrons. The van der Waals surface area contributed by atoms with E-state index in [1.54, 1.807) is 0 Å². The van der Waals surface area contributed by atoms with Crippen molar-refractivity contribution in [3.63, 3.8) is 0 Å². The molecule has 3 atom stereocenters. The predicted octanol–water partition coefficient (Wildman–Crippen LogP) is 1.82. The smallest absolute Gasteiger partial charge is 0.117 e. The summed E-state index contributed by atoms with van der Waals surface area (Å²) >= 11 is 0. The fraction of sp³-hybridized carbons (Fsp3) is 0.692. The summed E-state index contributed by atoms with van der Waals surface area (Å²) in [5.74, 6) is 2.88. The highest BCUT2D eigenvalue weighted by Crippen LogP contribution is 2.32. The summed E-state index contributed by atoms with van der Waals surface area (Å²) in [5.41, 5.74) is 0. The van der Waals surface area contributed by atoms with Gasteiger partial charge < -0.3 is 15.1 Å². The van der Waals surface area contributed by atoms with Crippen LogP contribution in [0.15, 0.2) is 16.5 Å². The van der Waals surface area contributed by atoms with Crippen LogP contribution in [0.3, 0.4) is 0 Å². The van der Waals surface area contributed by atoms with E-state index in [1.807, 2.05) is 13.0 Å². The Balaban J connectivity index is 1.44. The molecule has 0 saturated carbocycles. The van der Waals surface area contributed by atoms with Gasteiger partial charge in [0.25, 0.3) is 0 Å². The Morgan fingerprint density at radius 3 is 3.00 bits per heavy atom. The van der Waals surface area contributed by atoms with E-state index in [-0.39, 0.29) is 0 Å². The van der Waals surface area contributed by atoms with E-state index in [9.17, 15) is 0 Å². The summed E-state index contributed by atoms with van der Waals surface area (Å²) in [4.78, 5) is 0. The minimum Gasteiger partial charge on any atom is -0.465 e. The first-order chi connectivity index (χ1) is 7.81. The summed E-state index contributed by atoms with van der Waals surface area (Å²) in [6.45, 7) is 3.97. The summed E-state index contributed by atoms with van der Waals surface area (Å²) in [5, 5.41) is 7.18. The second-order valence-corrected chi connectivity index (χ2v) is 5.19. The number of aryl methyl sites for hydroxylation is 1. The number of fused-ring (bicyclic) bond motifs is 2. The molecule has 1 aromatic heterocycles. The molecule has 0 aliphatic carbocycles. The van der Waals surface area contributed by atoms with Crippen molar-refractivity contribution < 1.29 is 4.42 Å². The van der Waals surface area contributed by atoms with Crippen molar-refractivity contribution in [1.82, 2.24) is 10.6 Å². The molecule has 3 heteroatoms. The van der Waals surface area contributed by atoms with Gasteiger partial charge in [-0.15, -0.1) is 0 Å². The molecule has 2 fully saturated rings. The zero-order chi connectivity index (χ0) is 11.0. The van der Waals surface area contributed by atoms with Crippen LogP contribution in [0, 0.1) is 12.8 Å². The van der Waals surface area contributed by atoms with E-state index in [2.05, 4.69) is 16.7 Å². The van der Waals surface area contributed by atoms with Gasteiger partial charge in [0.2, 0.25) is 0 Å². The maximum atomic E-state index is 5.53. The molecular formula is C13H20N2O. The van der Waals surface area contributed by atoms with Crippen molar-refractivity contribution in [3.8, 4) is 0 Å². The zero-order valence-corrected chi connectivity index (χ0v) is 9.83. The van der Waals surface area contributed by atoms with Gasteiger partial charge in [0.1, 0.15) is 11.5 Å². The lowest BCUT2D eigenvalue weighted by Gasteiger charge is -2.20. The average molecular weight is 220 g/mol. The maximum Gasteiger partial charge on any atom is 0.117 e. The van der Waals surface area contributed by atoms with Crippen LogP contribution in [0.5, 0.6) is 0 Å². The first kappa shape index (κ1) is 10.4. The quantitative estimate of drug-likeness (QED) is 0.812. The Hall–Kier alpha value is -0.800. The average Bonchev–Trinajstić information content (AvgIpc) is 2.94. The maximum absolute atomic E-state index is 5.53. The molecular weight excluding hydrogens is 200 g/mol. The van der Waals surface area contributed by atoms with Crippen LogP contribution in [0.25, 0.3) is 0 Å². The van der Waals surface area contributed by atoms with Gasteiger partial charge in [-0.3, -0.25) is 0 Å². The molecule has 0 spiro atoms. The summed E-state index contributed by atoms with van der Waals surface area (Å²) in [6.07, 6.45) is 4.12. The fourth-order valence-electron chi connectivity index (χ4n) is 3.12. The molecule has 2 saturated heterocycles. The fourth-order valence-corrected chi connectivity index (χ4v) is 3.12. The van der Waals surface area contributed by atoms with Crippen molar-refractivity contribution in [3.05, 3.63) is 23.7 Å². The topological polar surface area (TPSA) is 37.2 Å². The highest BCUT2D eigenvalue weighted by Gasteiger charge is 2.38. The van der Waals surface area contributed by atoms with Crippen LogP contribution in [-0.4, -0.2) is 18.6 Å². The van der Waals surface area contributed by atoms with Crippen molar-refractivity contribution in [1.29, 1.82) is 0 Å². The van der Waals surface area contributed by atoms with E-state index in [0.29, 0.717) is 0 Å². The Kier molecular flexibility index (Phi) is 2.74. The molecule has 2 aliphatic rings.